The summed E-state index contributed by atoms with van der Waals surface area (Å²) >= 11 is 0. The van der Waals surface area contributed by atoms with Gasteiger partial charge in [0.15, 0.2) is 0 Å². The number of Topliss-reactive ketones (excluding diaryl/α,β-unsaturated/α-hetero) is 1. The molecule has 2 N–H and O–H groups in total. The van der Waals surface area contributed by atoms with Gasteiger partial charge in [0.25, 0.3) is 5.91 Å². The third-order valence-corrected chi connectivity index (χ3v) is 6.48. The predicted molar refractivity (Wildman–Crippen MR) is 149 cm³/mol. The van der Waals surface area contributed by atoms with Crippen LogP contribution in [0.25, 0.3) is 0 Å². The van der Waals surface area contributed by atoms with Gasteiger partial charge in [-0.2, -0.15) is 0 Å². The highest BCUT2D eigenvalue weighted by Gasteiger charge is 2.39. The van der Waals surface area contributed by atoms with Crippen LogP contribution in [0.1, 0.15) is 76.5 Å². The number of carbonyl (C=O) groups is 2. The molecule has 0 radical (unpaired) electrons. The summed E-state index contributed by atoms with van der Waals surface area (Å²) in [5.74, 6) is 2.09. The monoisotopic (exact) mass is 545 g/mol. The number of aromatic nitrogens is 2. The van der Waals surface area contributed by atoms with E-state index in [0.29, 0.717) is 61.7 Å². The van der Waals surface area contributed by atoms with Crippen molar-refractivity contribution in [3.05, 3.63) is 17.6 Å². The normalized spacial score (nSPS) is 19.8. The van der Waals surface area contributed by atoms with E-state index in [1.807, 2.05) is 4.90 Å². The maximum atomic E-state index is 13.9. The summed E-state index contributed by atoms with van der Waals surface area (Å²) in [4.78, 5) is 38.0. The molecule has 0 spiro atoms. The van der Waals surface area contributed by atoms with E-state index in [-0.39, 0.29) is 54.0 Å². The van der Waals surface area contributed by atoms with Crippen molar-refractivity contribution in [1.82, 2.24) is 20.2 Å². The number of nitrogens with zero attached hydrogens (tertiary/aromatic N) is 3. The van der Waals surface area contributed by atoms with Crippen LogP contribution in [0.15, 0.2) is 6.20 Å². The van der Waals surface area contributed by atoms with Crippen LogP contribution in [-0.2, 0) is 14.9 Å². The van der Waals surface area contributed by atoms with Crippen molar-refractivity contribution in [3.8, 4) is 0 Å². The van der Waals surface area contributed by atoms with Crippen molar-refractivity contribution < 1.29 is 14.3 Å². The van der Waals surface area contributed by atoms with Crippen LogP contribution in [0.4, 0.5) is 5.82 Å². The number of carbonyl (C=O) groups excluding carboxylic acids is 2. The van der Waals surface area contributed by atoms with Crippen LogP contribution in [0.3, 0.4) is 0 Å². The van der Waals surface area contributed by atoms with Gasteiger partial charge in [0.05, 0.1) is 0 Å². The van der Waals surface area contributed by atoms with Crippen molar-refractivity contribution in [2.24, 2.45) is 17.8 Å². The van der Waals surface area contributed by atoms with Gasteiger partial charge >= 0.3 is 0 Å². The Morgan fingerprint density at radius 2 is 1.89 bits per heavy atom. The number of methoxy groups -OCH3 is 1. The number of nitrogens with one attached hydrogen (secondary N) is 2. The number of rotatable bonds is 11. The molecular weight excluding hydrogens is 501 g/mol. The van der Waals surface area contributed by atoms with Crippen molar-refractivity contribution in [2.75, 3.05) is 45.2 Å². The molecule has 1 saturated heterocycles. The molecule has 1 aromatic heterocycles. The summed E-state index contributed by atoms with van der Waals surface area (Å²) in [6, 6.07) is -0.0278. The summed E-state index contributed by atoms with van der Waals surface area (Å²) in [6.07, 6.45) is 5.24. The lowest BCUT2D eigenvalue weighted by atomic mass is 9.88. The maximum absolute atomic E-state index is 13.9. The topological polar surface area (TPSA) is 96.4 Å². The molecule has 0 bridgehead atoms. The number of hydrogen-bond acceptors (Lipinski definition) is 7. The first-order valence-corrected chi connectivity index (χ1v) is 12.8. The van der Waals surface area contributed by atoms with Crippen molar-refractivity contribution in [1.29, 1.82) is 0 Å². The van der Waals surface area contributed by atoms with Crippen molar-refractivity contribution in [2.45, 2.75) is 71.8 Å². The van der Waals surface area contributed by atoms with Gasteiger partial charge in [0.2, 0.25) is 0 Å². The second-order valence-corrected chi connectivity index (χ2v) is 11.3. The zero-order chi connectivity index (χ0) is 24.9. The predicted octanol–water partition coefficient (Wildman–Crippen LogP) is 4.12. The van der Waals surface area contributed by atoms with Gasteiger partial charge in [-0.3, -0.25) is 9.59 Å². The molecule has 2 fully saturated rings. The van der Waals surface area contributed by atoms with Gasteiger partial charge in [-0.15, -0.1) is 24.8 Å². The average molecular weight is 547 g/mol. The Bertz CT molecular complexity index is 858. The highest BCUT2D eigenvalue weighted by molar-refractivity contribution is 5.98. The summed E-state index contributed by atoms with van der Waals surface area (Å²) in [5, 5.41) is 6.78. The minimum absolute atomic E-state index is 0. The first kappa shape index (κ1) is 32.5. The van der Waals surface area contributed by atoms with E-state index in [4.69, 9.17) is 9.72 Å². The molecule has 8 nitrogen and oxygen atoms in total. The summed E-state index contributed by atoms with van der Waals surface area (Å²) < 4.78 is 5.16. The Hall–Kier alpha value is -1.48. The average Bonchev–Trinajstić information content (AvgIpc) is 3.64. The van der Waals surface area contributed by atoms with Crippen LogP contribution < -0.4 is 10.6 Å². The number of ketones is 1. The van der Waals surface area contributed by atoms with Crippen LogP contribution >= 0.6 is 24.8 Å². The molecule has 36 heavy (non-hydrogen) atoms. The van der Waals surface area contributed by atoms with E-state index in [0.717, 1.165) is 25.7 Å². The number of amides is 1. The van der Waals surface area contributed by atoms with Gasteiger partial charge in [0.1, 0.15) is 23.0 Å². The molecule has 2 heterocycles. The highest BCUT2D eigenvalue weighted by Crippen LogP contribution is 2.35. The minimum Gasteiger partial charge on any atom is -0.385 e. The molecule has 2 aliphatic rings. The lowest BCUT2D eigenvalue weighted by Gasteiger charge is -2.38. The van der Waals surface area contributed by atoms with Gasteiger partial charge in [-0.1, -0.05) is 34.6 Å². The third kappa shape index (κ3) is 8.82. The smallest absolute Gasteiger partial charge is 0.259 e. The van der Waals surface area contributed by atoms with Crippen molar-refractivity contribution in [3.63, 3.8) is 0 Å². The van der Waals surface area contributed by atoms with E-state index >= 15 is 0 Å². The molecule has 0 unspecified atom stereocenters. The zero-order valence-corrected chi connectivity index (χ0v) is 24.3. The van der Waals surface area contributed by atoms with E-state index in [2.05, 4.69) is 50.2 Å². The molecule has 1 aliphatic carbocycles. The standard InChI is InChI=1S/C26H43N5O3.2ClH/c1-17(2)16-31(20-12-19(13-27-14-20)22(32)18-8-9-18)24(33)21-15-29-25(26(3,4)5)30-23(21)28-10-7-11-34-6;;/h15,17-20,27H,7-14,16H2,1-6H3,(H,28,29,30);2*1H/t19-,20+;;/m1../s1. The minimum atomic E-state index is -0.230. The molecule has 3 rings (SSSR count). The quantitative estimate of drug-likeness (QED) is 0.403. The van der Waals surface area contributed by atoms with Crippen LogP contribution in [-0.4, -0.2) is 72.5 Å². The Morgan fingerprint density at radius 3 is 2.47 bits per heavy atom. The Kier molecular flexibility index (Phi) is 13.1. The molecule has 1 saturated carbocycles. The lowest BCUT2D eigenvalue weighted by molar-refractivity contribution is -0.125. The molecular formula is C26H45Cl2N5O3. The first-order valence-electron chi connectivity index (χ1n) is 12.8. The SMILES string of the molecule is COCCCNc1nc(C(C)(C)C)ncc1C(=O)N(CC(C)C)[C@@H]1CNC[C@H](C(=O)C2CC2)C1.Cl.Cl. The van der Waals surface area contributed by atoms with E-state index in [1.54, 1.807) is 13.3 Å². The molecule has 1 aliphatic heterocycles. The number of hydrogen-bond donors (Lipinski definition) is 2. The van der Waals surface area contributed by atoms with E-state index < -0.39 is 0 Å². The second kappa shape index (κ2) is 14.5. The summed E-state index contributed by atoms with van der Waals surface area (Å²) in [7, 11) is 1.68. The molecule has 0 aromatic carbocycles. The summed E-state index contributed by atoms with van der Waals surface area (Å²) in [5.41, 5.74) is 0.257. The maximum Gasteiger partial charge on any atom is 0.259 e. The fourth-order valence-corrected chi connectivity index (χ4v) is 4.48. The van der Waals surface area contributed by atoms with Crippen LogP contribution in [0.5, 0.6) is 0 Å². The summed E-state index contributed by atoms with van der Waals surface area (Å²) in [6.45, 7) is 13.8. The fraction of sp³-hybridized carbons (Fsp3) is 0.769. The van der Waals surface area contributed by atoms with E-state index in [1.165, 1.54) is 0 Å². The number of anilines is 1. The van der Waals surface area contributed by atoms with Crippen LogP contribution in [0, 0.1) is 17.8 Å². The third-order valence-electron chi connectivity index (χ3n) is 6.48. The molecule has 10 heteroatoms. The van der Waals surface area contributed by atoms with Gasteiger partial charge in [-0.05, 0) is 31.6 Å². The fourth-order valence-electron chi connectivity index (χ4n) is 4.48. The Balaban J connectivity index is 0.00000324. The van der Waals surface area contributed by atoms with Gasteiger partial charge < -0.3 is 20.3 Å². The highest BCUT2D eigenvalue weighted by atomic mass is 35.5. The molecule has 206 valence electrons. The number of piperidine rings is 1. The lowest BCUT2D eigenvalue weighted by Crippen LogP contribution is -2.53. The largest absolute Gasteiger partial charge is 0.385 e. The number of ether oxygens (including phenoxy) is 1. The molecule has 2 atom stereocenters. The first-order chi connectivity index (χ1) is 16.1. The van der Waals surface area contributed by atoms with Gasteiger partial charge in [-0.25, -0.2) is 9.97 Å². The Morgan fingerprint density at radius 1 is 1.19 bits per heavy atom. The molecule has 1 amide bonds. The van der Waals surface area contributed by atoms with Gasteiger partial charge in [0, 0.05) is 69.4 Å². The Labute approximate surface area is 228 Å². The van der Waals surface area contributed by atoms with E-state index in [9.17, 15) is 9.59 Å². The molecule has 1 aromatic rings. The number of halogens is 2. The zero-order valence-electron chi connectivity index (χ0n) is 22.6. The van der Waals surface area contributed by atoms with Crippen LogP contribution in [0.2, 0.25) is 0 Å². The van der Waals surface area contributed by atoms with Crippen molar-refractivity contribution >= 4 is 42.3 Å². The second-order valence-electron chi connectivity index (χ2n) is 11.3.